The van der Waals surface area contributed by atoms with Gasteiger partial charge in [-0.1, -0.05) is 6.07 Å². The number of rotatable bonds is 5. The Morgan fingerprint density at radius 2 is 2.11 bits per heavy atom. The summed E-state index contributed by atoms with van der Waals surface area (Å²) in [7, 11) is 1.43. The summed E-state index contributed by atoms with van der Waals surface area (Å²) in [6.07, 6.45) is 0.0858. The molecule has 0 amide bonds. The van der Waals surface area contributed by atoms with Gasteiger partial charge in [0, 0.05) is 6.42 Å². The molecule has 1 rings (SSSR count). The zero-order valence-electron chi connectivity index (χ0n) is 10.8. The molecule has 0 fully saturated rings. The first kappa shape index (κ1) is 14.3. The summed E-state index contributed by atoms with van der Waals surface area (Å²) in [4.78, 5) is 11.5. The lowest BCUT2D eigenvalue weighted by Gasteiger charge is -2.21. The first-order valence-corrected chi connectivity index (χ1v) is 5.66. The molecule has 0 aliphatic rings. The number of benzene rings is 1. The average molecular weight is 254 g/mol. The fourth-order valence-corrected chi connectivity index (χ4v) is 1.59. The third-order valence-corrected chi connectivity index (χ3v) is 2.51. The Kier molecular flexibility index (Phi) is 4.55. The van der Waals surface area contributed by atoms with Gasteiger partial charge in [0.2, 0.25) is 0 Å². The molecule has 0 radical (unpaired) electrons. The van der Waals surface area contributed by atoms with Gasteiger partial charge >= 0.3 is 5.97 Å². The van der Waals surface area contributed by atoms with Crippen LogP contribution in [0.1, 0.15) is 19.4 Å². The van der Waals surface area contributed by atoms with Gasteiger partial charge in [-0.25, -0.2) is 4.79 Å². The fraction of sp³-hybridized carbons (Fsp3) is 0.462. The van der Waals surface area contributed by atoms with Crippen LogP contribution >= 0.6 is 0 Å². The van der Waals surface area contributed by atoms with Crippen molar-refractivity contribution < 1.29 is 24.5 Å². The lowest BCUT2D eigenvalue weighted by Crippen LogP contribution is -2.39. The standard InChI is InChI=1S/C13H18O5/c1-4-18-12(15)13(2,16)8-9-5-6-10(14)11(7-9)17-3/h5-7,14,16H,4,8H2,1-3H3. The summed E-state index contributed by atoms with van der Waals surface area (Å²) in [5.41, 5.74) is -0.930. The van der Waals surface area contributed by atoms with Gasteiger partial charge in [0.25, 0.3) is 0 Å². The van der Waals surface area contributed by atoms with E-state index in [0.717, 1.165) is 0 Å². The van der Waals surface area contributed by atoms with Crippen molar-refractivity contribution in [1.82, 2.24) is 0 Å². The third kappa shape index (κ3) is 3.37. The molecule has 0 heterocycles. The summed E-state index contributed by atoms with van der Waals surface area (Å²) in [5, 5.41) is 19.5. The number of methoxy groups -OCH3 is 1. The molecule has 1 atom stereocenters. The highest BCUT2D eigenvalue weighted by molar-refractivity contribution is 5.79. The van der Waals surface area contributed by atoms with E-state index in [1.165, 1.54) is 20.1 Å². The minimum atomic E-state index is -1.60. The number of esters is 1. The van der Waals surface area contributed by atoms with Gasteiger partial charge in [-0.15, -0.1) is 0 Å². The van der Waals surface area contributed by atoms with E-state index in [9.17, 15) is 15.0 Å². The van der Waals surface area contributed by atoms with Crippen LogP contribution in [0.5, 0.6) is 11.5 Å². The number of phenols is 1. The highest BCUT2D eigenvalue weighted by Crippen LogP contribution is 2.28. The number of aromatic hydroxyl groups is 1. The molecular formula is C13H18O5. The van der Waals surface area contributed by atoms with E-state index in [-0.39, 0.29) is 18.8 Å². The summed E-state index contributed by atoms with van der Waals surface area (Å²) in [6, 6.07) is 4.64. The molecule has 5 nitrogen and oxygen atoms in total. The number of aliphatic hydroxyl groups is 1. The normalized spacial score (nSPS) is 13.8. The minimum Gasteiger partial charge on any atom is -0.504 e. The summed E-state index contributed by atoms with van der Waals surface area (Å²) < 4.78 is 9.75. The molecule has 0 aliphatic carbocycles. The largest absolute Gasteiger partial charge is 0.504 e. The number of carbonyl (C=O) groups excluding carboxylic acids is 1. The van der Waals surface area contributed by atoms with Crippen LogP contribution in [0.3, 0.4) is 0 Å². The summed E-state index contributed by atoms with van der Waals surface area (Å²) >= 11 is 0. The van der Waals surface area contributed by atoms with Crippen LogP contribution in [0, 0.1) is 0 Å². The molecule has 2 N–H and O–H groups in total. The Morgan fingerprint density at radius 1 is 1.44 bits per heavy atom. The first-order valence-electron chi connectivity index (χ1n) is 5.66. The van der Waals surface area contributed by atoms with Crippen LogP contribution in [0.15, 0.2) is 18.2 Å². The molecule has 0 aliphatic heterocycles. The Bertz CT molecular complexity index is 425. The van der Waals surface area contributed by atoms with Crippen molar-refractivity contribution in [2.45, 2.75) is 25.9 Å². The predicted molar refractivity (Wildman–Crippen MR) is 65.6 cm³/mol. The smallest absolute Gasteiger partial charge is 0.338 e. The fourth-order valence-electron chi connectivity index (χ4n) is 1.59. The van der Waals surface area contributed by atoms with Crippen LogP contribution in [-0.4, -0.2) is 35.5 Å². The lowest BCUT2D eigenvalue weighted by molar-refractivity contribution is -0.163. The third-order valence-electron chi connectivity index (χ3n) is 2.51. The lowest BCUT2D eigenvalue weighted by atomic mass is 9.96. The summed E-state index contributed by atoms with van der Waals surface area (Å²) in [5.74, 6) is -0.360. The zero-order valence-corrected chi connectivity index (χ0v) is 10.8. The van der Waals surface area contributed by atoms with Crippen molar-refractivity contribution in [3.63, 3.8) is 0 Å². The SMILES string of the molecule is CCOC(=O)C(C)(O)Cc1ccc(O)c(OC)c1. The first-order chi connectivity index (χ1) is 8.40. The van der Waals surface area contributed by atoms with E-state index in [2.05, 4.69) is 0 Å². The van der Waals surface area contributed by atoms with Gasteiger partial charge in [-0.05, 0) is 31.5 Å². The average Bonchev–Trinajstić information content (AvgIpc) is 2.31. The van der Waals surface area contributed by atoms with Gasteiger partial charge < -0.3 is 19.7 Å². The van der Waals surface area contributed by atoms with Gasteiger partial charge in [0.1, 0.15) is 0 Å². The number of ether oxygens (including phenoxy) is 2. The molecule has 0 aromatic heterocycles. The van der Waals surface area contributed by atoms with E-state index in [1.807, 2.05) is 0 Å². The van der Waals surface area contributed by atoms with Crippen LogP contribution < -0.4 is 4.74 Å². The molecule has 0 saturated heterocycles. The maximum atomic E-state index is 11.5. The van der Waals surface area contributed by atoms with Crippen LogP contribution in [0.25, 0.3) is 0 Å². The highest BCUT2D eigenvalue weighted by atomic mass is 16.5. The monoisotopic (exact) mass is 254 g/mol. The molecule has 0 saturated carbocycles. The van der Waals surface area contributed by atoms with E-state index in [4.69, 9.17) is 9.47 Å². The van der Waals surface area contributed by atoms with Crippen LogP contribution in [0.4, 0.5) is 0 Å². The van der Waals surface area contributed by atoms with Gasteiger partial charge in [0.05, 0.1) is 13.7 Å². The Balaban J connectivity index is 2.86. The van der Waals surface area contributed by atoms with E-state index < -0.39 is 11.6 Å². The quantitative estimate of drug-likeness (QED) is 0.774. The van der Waals surface area contributed by atoms with Crippen molar-refractivity contribution in [3.05, 3.63) is 23.8 Å². The highest BCUT2D eigenvalue weighted by Gasteiger charge is 2.32. The van der Waals surface area contributed by atoms with Crippen molar-refractivity contribution >= 4 is 5.97 Å². The van der Waals surface area contributed by atoms with E-state index in [1.54, 1.807) is 19.1 Å². The number of hydrogen-bond acceptors (Lipinski definition) is 5. The molecule has 100 valence electrons. The van der Waals surface area contributed by atoms with Gasteiger partial charge in [-0.3, -0.25) is 0 Å². The molecular weight excluding hydrogens is 236 g/mol. The van der Waals surface area contributed by atoms with Crippen LogP contribution in [-0.2, 0) is 16.0 Å². The summed E-state index contributed by atoms with van der Waals surface area (Å²) in [6.45, 7) is 3.29. The zero-order chi connectivity index (χ0) is 13.8. The molecule has 18 heavy (non-hydrogen) atoms. The number of carbonyl (C=O) groups is 1. The minimum absolute atomic E-state index is 0.0111. The number of hydrogen-bond donors (Lipinski definition) is 2. The Labute approximate surface area is 106 Å². The molecule has 1 aromatic rings. The molecule has 1 unspecified atom stereocenters. The Morgan fingerprint density at radius 3 is 2.67 bits per heavy atom. The van der Waals surface area contributed by atoms with E-state index >= 15 is 0 Å². The number of phenolic OH excluding ortho intramolecular Hbond substituents is 1. The molecule has 0 bridgehead atoms. The molecule has 0 spiro atoms. The van der Waals surface area contributed by atoms with Crippen molar-refractivity contribution in [3.8, 4) is 11.5 Å². The predicted octanol–water partition coefficient (Wildman–Crippen LogP) is 1.26. The molecule has 5 heteroatoms. The van der Waals surface area contributed by atoms with Crippen molar-refractivity contribution in [2.24, 2.45) is 0 Å². The van der Waals surface area contributed by atoms with Crippen molar-refractivity contribution in [1.29, 1.82) is 0 Å². The topological polar surface area (TPSA) is 76.0 Å². The second kappa shape index (κ2) is 5.73. The maximum Gasteiger partial charge on any atom is 0.338 e. The second-order valence-corrected chi connectivity index (χ2v) is 4.18. The Hall–Kier alpha value is -1.75. The van der Waals surface area contributed by atoms with Crippen LogP contribution in [0.2, 0.25) is 0 Å². The van der Waals surface area contributed by atoms with Gasteiger partial charge in [0.15, 0.2) is 17.1 Å². The second-order valence-electron chi connectivity index (χ2n) is 4.18. The maximum absolute atomic E-state index is 11.5. The van der Waals surface area contributed by atoms with Crippen molar-refractivity contribution in [2.75, 3.05) is 13.7 Å². The van der Waals surface area contributed by atoms with Gasteiger partial charge in [-0.2, -0.15) is 0 Å². The van der Waals surface area contributed by atoms with E-state index in [0.29, 0.717) is 11.3 Å². The molecule has 1 aromatic carbocycles.